The van der Waals surface area contributed by atoms with Gasteiger partial charge in [0.25, 0.3) is 0 Å². The summed E-state index contributed by atoms with van der Waals surface area (Å²) in [6.45, 7) is 44.8. The van der Waals surface area contributed by atoms with E-state index in [0.29, 0.717) is 65.0 Å². The minimum atomic E-state index is 0.428. The SMILES string of the molecule is CC1(C)CC[C@]2(C)CC[C@]3(C)[C@H](CCC4[C@@]5(C)CCC(C6CC[C@@]7(C)C(CC[C@]8(C)[C@@H]7CC[C@@H]7[C@H]9CC(C)(C)CC[C@]9(C)CC[C@]78C)C6(C)C)C(C)(C)C5CC[C@]43C)[C@H]2C1. The van der Waals surface area contributed by atoms with E-state index in [9.17, 15) is 0 Å². The average Bonchev–Trinajstić information content (AvgIpc) is 3.14. The predicted molar refractivity (Wildman–Crippen MR) is 256 cm³/mol. The molecule has 0 aromatic heterocycles. The molecule has 0 amide bonds. The van der Waals surface area contributed by atoms with Gasteiger partial charge in [-0.1, -0.05) is 111 Å². The van der Waals surface area contributed by atoms with Gasteiger partial charge >= 0.3 is 0 Å². The largest absolute Gasteiger partial charge is 0.0599 e. The van der Waals surface area contributed by atoms with Crippen molar-refractivity contribution in [2.45, 2.75) is 252 Å². The first-order valence-corrected chi connectivity index (χ1v) is 27.6. The molecule has 10 aliphatic carbocycles. The van der Waals surface area contributed by atoms with E-state index in [1.165, 1.54) is 141 Å². The molecule has 342 valence electrons. The lowest BCUT2D eigenvalue weighted by atomic mass is 9.29. The highest BCUT2D eigenvalue weighted by Gasteiger charge is 2.73. The van der Waals surface area contributed by atoms with Gasteiger partial charge in [0.15, 0.2) is 0 Å². The highest BCUT2D eigenvalue weighted by atomic mass is 14.8. The van der Waals surface area contributed by atoms with Crippen molar-refractivity contribution in [1.82, 2.24) is 0 Å². The fraction of sp³-hybridized carbons (Fsp3) is 1.00. The van der Waals surface area contributed by atoms with Crippen molar-refractivity contribution < 1.29 is 0 Å². The zero-order valence-electron chi connectivity index (χ0n) is 43.3. The summed E-state index contributed by atoms with van der Waals surface area (Å²) in [5.41, 5.74) is 6.21. The highest BCUT2D eigenvalue weighted by molar-refractivity contribution is 5.22. The Bertz CT molecular complexity index is 1580. The molecule has 0 N–H and O–H groups in total. The third-order valence-corrected chi connectivity index (χ3v) is 28.1. The quantitative estimate of drug-likeness (QED) is 0.247. The Morgan fingerprint density at radius 1 is 0.250 bits per heavy atom. The van der Waals surface area contributed by atoms with E-state index in [0.717, 1.165) is 59.2 Å². The van der Waals surface area contributed by atoms with Crippen LogP contribution in [0.2, 0.25) is 0 Å². The fourth-order valence-corrected chi connectivity index (χ4v) is 24.2. The van der Waals surface area contributed by atoms with Crippen LogP contribution in [0.15, 0.2) is 0 Å². The van der Waals surface area contributed by atoms with Crippen molar-refractivity contribution in [3.8, 4) is 0 Å². The molecule has 10 aliphatic rings. The van der Waals surface area contributed by atoms with Gasteiger partial charge in [-0.05, 0) is 265 Å². The first-order valence-electron chi connectivity index (χ1n) is 27.6. The summed E-state index contributed by atoms with van der Waals surface area (Å²) in [5.74, 6) is 9.19. The van der Waals surface area contributed by atoms with Gasteiger partial charge in [0.1, 0.15) is 0 Å². The molecule has 0 bridgehead atoms. The van der Waals surface area contributed by atoms with Gasteiger partial charge in [-0.2, -0.15) is 0 Å². The van der Waals surface area contributed by atoms with E-state index in [4.69, 9.17) is 0 Å². The van der Waals surface area contributed by atoms with E-state index in [1.807, 2.05) is 0 Å². The van der Waals surface area contributed by atoms with Crippen LogP contribution in [0.4, 0.5) is 0 Å². The molecular weight excluding hydrogens is 721 g/mol. The molecule has 0 aromatic rings. The molecule has 60 heavy (non-hydrogen) atoms. The molecule has 0 nitrogen and oxygen atoms in total. The van der Waals surface area contributed by atoms with Crippen molar-refractivity contribution in [2.75, 3.05) is 0 Å². The van der Waals surface area contributed by atoms with Gasteiger partial charge in [-0.25, -0.2) is 0 Å². The molecule has 10 rings (SSSR count). The summed E-state index contributed by atoms with van der Waals surface area (Å²) in [5, 5.41) is 0. The zero-order chi connectivity index (χ0) is 43.3. The fourth-order valence-electron chi connectivity index (χ4n) is 24.2. The summed E-state index contributed by atoms with van der Waals surface area (Å²) in [6.07, 6.45) is 33.2. The first kappa shape index (κ1) is 43.9. The first-order chi connectivity index (χ1) is 27.6. The van der Waals surface area contributed by atoms with Gasteiger partial charge < -0.3 is 0 Å². The number of rotatable bonds is 1. The maximum Gasteiger partial charge on any atom is -0.0235 e. The number of fused-ring (bicyclic) bond motifs is 14. The summed E-state index contributed by atoms with van der Waals surface area (Å²) < 4.78 is 0. The molecule has 10 fully saturated rings. The average molecular weight is 823 g/mol. The molecule has 0 heteroatoms. The third-order valence-electron chi connectivity index (χ3n) is 28.1. The van der Waals surface area contributed by atoms with Crippen LogP contribution in [0.1, 0.15) is 252 Å². The Morgan fingerprint density at radius 3 is 0.967 bits per heavy atom. The molecule has 0 spiro atoms. The van der Waals surface area contributed by atoms with Crippen LogP contribution < -0.4 is 0 Å². The standard InChI is InChI=1S/C60H102/c1-49(2)29-31-53(9)33-35-57(13)41(43(53)37-49)17-19-47-55(11)25-21-39(51(5,6)45(55)23-27-59(47,57)15)40-22-26-56(12)46(52(40,7)8)24-28-60(16)48(56)20-18-42-44-38-50(3,4)30-32-54(44,10)34-36-58(42,60)14/h39-48H,17-38H2,1-16H3/t39?,40?,41-,42-,43-,44-,45?,46?,47-,48?,53-,54-,55+,56+,57-,58-,59-,60-/m1/s1. The molecule has 10 saturated carbocycles. The summed E-state index contributed by atoms with van der Waals surface area (Å²) in [6, 6.07) is 0. The molecule has 0 radical (unpaired) electrons. The van der Waals surface area contributed by atoms with Gasteiger partial charge in [-0.3, -0.25) is 0 Å². The summed E-state index contributed by atoms with van der Waals surface area (Å²) >= 11 is 0. The van der Waals surface area contributed by atoms with Crippen molar-refractivity contribution in [2.24, 2.45) is 124 Å². The van der Waals surface area contributed by atoms with E-state index >= 15 is 0 Å². The summed E-state index contributed by atoms with van der Waals surface area (Å²) in [4.78, 5) is 0. The molecule has 18 atom stereocenters. The second-order valence-corrected chi connectivity index (χ2v) is 31.5. The lowest BCUT2D eigenvalue weighted by molar-refractivity contribution is -0.266. The van der Waals surface area contributed by atoms with Crippen molar-refractivity contribution in [3.05, 3.63) is 0 Å². The van der Waals surface area contributed by atoms with E-state index < -0.39 is 0 Å². The Labute approximate surface area is 374 Å². The molecule has 0 aliphatic heterocycles. The van der Waals surface area contributed by atoms with Crippen LogP contribution in [-0.2, 0) is 0 Å². The second-order valence-electron chi connectivity index (χ2n) is 31.5. The number of hydrogen-bond donors (Lipinski definition) is 0. The van der Waals surface area contributed by atoms with Crippen LogP contribution in [0.5, 0.6) is 0 Å². The highest BCUT2D eigenvalue weighted by Crippen LogP contribution is 2.81. The monoisotopic (exact) mass is 823 g/mol. The Balaban J connectivity index is 0.895. The summed E-state index contributed by atoms with van der Waals surface area (Å²) in [7, 11) is 0. The Morgan fingerprint density at radius 2 is 0.600 bits per heavy atom. The maximum absolute atomic E-state index is 2.90. The molecule has 5 unspecified atom stereocenters. The van der Waals surface area contributed by atoms with Gasteiger partial charge in [-0.15, -0.1) is 0 Å². The van der Waals surface area contributed by atoms with Gasteiger partial charge in [0, 0.05) is 0 Å². The van der Waals surface area contributed by atoms with E-state index in [-0.39, 0.29) is 0 Å². The molecule has 0 heterocycles. The molecule has 0 saturated heterocycles. The molecule has 0 aromatic carbocycles. The van der Waals surface area contributed by atoms with Crippen LogP contribution in [0.25, 0.3) is 0 Å². The minimum absolute atomic E-state index is 0.428. The van der Waals surface area contributed by atoms with Crippen molar-refractivity contribution in [1.29, 1.82) is 0 Å². The number of hydrogen-bond acceptors (Lipinski definition) is 0. The van der Waals surface area contributed by atoms with Crippen LogP contribution in [-0.4, -0.2) is 0 Å². The van der Waals surface area contributed by atoms with Gasteiger partial charge in [0.2, 0.25) is 0 Å². The van der Waals surface area contributed by atoms with Gasteiger partial charge in [0.05, 0.1) is 0 Å². The van der Waals surface area contributed by atoms with Crippen molar-refractivity contribution >= 4 is 0 Å². The lowest BCUT2D eigenvalue weighted by Crippen LogP contribution is -2.68. The Hall–Kier alpha value is 0. The lowest BCUT2D eigenvalue weighted by Gasteiger charge is -2.75. The van der Waals surface area contributed by atoms with Crippen LogP contribution in [0.3, 0.4) is 0 Å². The van der Waals surface area contributed by atoms with Crippen LogP contribution >= 0.6 is 0 Å². The second kappa shape index (κ2) is 12.9. The predicted octanol–water partition coefficient (Wildman–Crippen LogP) is 18.0. The van der Waals surface area contributed by atoms with E-state index in [2.05, 4.69) is 111 Å². The van der Waals surface area contributed by atoms with Crippen LogP contribution in [0, 0.1) is 124 Å². The molecular formula is C60H102. The van der Waals surface area contributed by atoms with Crippen molar-refractivity contribution in [3.63, 3.8) is 0 Å². The normalized spacial score (nSPS) is 59.6. The minimum Gasteiger partial charge on any atom is -0.0599 e. The third kappa shape index (κ3) is 5.45. The maximum atomic E-state index is 2.90. The van der Waals surface area contributed by atoms with E-state index in [1.54, 1.807) is 0 Å². The topological polar surface area (TPSA) is 0 Å². The zero-order valence-corrected chi connectivity index (χ0v) is 43.3. The smallest absolute Gasteiger partial charge is 0.0235 e. The Kier molecular flexibility index (Phi) is 9.44.